The Balaban J connectivity index is -0.00000180. The predicted molar refractivity (Wildman–Crippen MR) is 74.5 cm³/mol. The smallest absolute Gasteiger partial charge is 0.549 e. The normalized spacial score (nSPS) is 10.7. The molecular formula is C16H28K2O4. The van der Waals surface area contributed by atoms with E-state index in [9.17, 15) is 19.8 Å². The Morgan fingerprint density at radius 1 is 0.818 bits per heavy atom. The van der Waals surface area contributed by atoms with Crippen LogP contribution in [0.4, 0.5) is 0 Å². The molecule has 118 valence electrons. The maximum absolute atomic E-state index is 11.2. The minimum absolute atomic E-state index is 0. The van der Waals surface area contributed by atoms with E-state index in [1.54, 1.807) is 13.8 Å². The zero-order valence-electron chi connectivity index (χ0n) is 15.1. The van der Waals surface area contributed by atoms with E-state index in [0.717, 1.165) is 19.3 Å². The molecule has 0 saturated heterocycles. The van der Waals surface area contributed by atoms with Crippen molar-refractivity contribution >= 4 is 11.9 Å². The Kier molecular flexibility index (Phi) is 22.0. The summed E-state index contributed by atoms with van der Waals surface area (Å²) >= 11 is 0. The van der Waals surface area contributed by atoms with E-state index in [2.05, 4.69) is 6.92 Å². The molecule has 6 heteroatoms. The van der Waals surface area contributed by atoms with E-state index in [-0.39, 0.29) is 109 Å². The number of carbonyl (C=O) groups is 2. The molecule has 0 atom stereocenters. The summed E-state index contributed by atoms with van der Waals surface area (Å²) in [5, 5.41) is 22.4. The summed E-state index contributed by atoms with van der Waals surface area (Å²) in [4.78, 5) is 22.4. The van der Waals surface area contributed by atoms with E-state index >= 15 is 0 Å². The Labute approximate surface area is 220 Å². The van der Waals surface area contributed by atoms with Crippen LogP contribution in [-0.4, -0.2) is 11.9 Å². The van der Waals surface area contributed by atoms with E-state index in [4.69, 9.17) is 0 Å². The van der Waals surface area contributed by atoms with Gasteiger partial charge >= 0.3 is 103 Å². The maximum Gasteiger partial charge on any atom is 1.00 e. The molecule has 0 aliphatic carbocycles. The van der Waals surface area contributed by atoms with Gasteiger partial charge in [-0.05, 0) is 12.3 Å². The number of carboxylic acids is 2. The molecule has 0 aromatic heterocycles. The minimum atomic E-state index is -1.85. The Morgan fingerprint density at radius 3 is 1.50 bits per heavy atom. The van der Waals surface area contributed by atoms with Crippen molar-refractivity contribution in [3.63, 3.8) is 0 Å². The molecule has 0 saturated carbocycles. The fourth-order valence-electron chi connectivity index (χ4n) is 2.59. The third-order valence-corrected chi connectivity index (χ3v) is 4.14. The van der Waals surface area contributed by atoms with Crippen molar-refractivity contribution in [1.82, 2.24) is 0 Å². The molecule has 0 unspecified atom stereocenters. The molecule has 0 aliphatic heterocycles. The second kappa shape index (κ2) is 16.7. The zero-order chi connectivity index (χ0) is 15.6. The van der Waals surface area contributed by atoms with Crippen molar-refractivity contribution in [3.05, 3.63) is 0 Å². The van der Waals surface area contributed by atoms with E-state index < -0.39 is 23.3 Å². The molecule has 0 aliphatic rings. The van der Waals surface area contributed by atoms with Crippen molar-refractivity contribution in [3.8, 4) is 0 Å². The summed E-state index contributed by atoms with van der Waals surface area (Å²) in [7, 11) is 0. The molecule has 0 heterocycles. The number of aliphatic carboxylic acids is 2. The molecule has 0 radical (unpaired) electrons. The second-order valence-electron chi connectivity index (χ2n) is 5.93. The van der Waals surface area contributed by atoms with Crippen molar-refractivity contribution in [1.29, 1.82) is 0 Å². The predicted octanol–water partition coefficient (Wildman–Crippen LogP) is -4.33. The summed E-state index contributed by atoms with van der Waals surface area (Å²) < 4.78 is 0. The summed E-state index contributed by atoms with van der Waals surface area (Å²) in [6, 6.07) is 0. The molecule has 0 aromatic rings. The van der Waals surface area contributed by atoms with Gasteiger partial charge in [-0.15, -0.1) is 0 Å². The van der Waals surface area contributed by atoms with Crippen LogP contribution in [-0.2, 0) is 9.59 Å². The summed E-state index contributed by atoms with van der Waals surface area (Å²) in [5.41, 5.74) is -1.85. The van der Waals surface area contributed by atoms with Gasteiger partial charge in [0.1, 0.15) is 0 Å². The van der Waals surface area contributed by atoms with Crippen molar-refractivity contribution < 1.29 is 123 Å². The van der Waals surface area contributed by atoms with Gasteiger partial charge in [0.15, 0.2) is 0 Å². The second-order valence-corrected chi connectivity index (χ2v) is 5.93. The molecular weight excluding hydrogens is 334 g/mol. The third kappa shape index (κ3) is 10.3. The summed E-state index contributed by atoms with van der Waals surface area (Å²) in [6.07, 6.45) is 8.62. The monoisotopic (exact) mass is 362 g/mol. The van der Waals surface area contributed by atoms with Gasteiger partial charge in [-0.25, -0.2) is 0 Å². The first-order valence-electron chi connectivity index (χ1n) is 7.82. The van der Waals surface area contributed by atoms with Gasteiger partial charge in [0.05, 0.1) is 17.4 Å². The number of unbranched alkanes of at least 4 members (excludes halogenated alkanes) is 7. The van der Waals surface area contributed by atoms with Crippen LogP contribution in [0, 0.1) is 11.3 Å². The molecule has 4 nitrogen and oxygen atoms in total. The third-order valence-electron chi connectivity index (χ3n) is 4.14. The average Bonchev–Trinajstić information content (AvgIpc) is 2.35. The van der Waals surface area contributed by atoms with Gasteiger partial charge in [-0.3, -0.25) is 0 Å². The van der Waals surface area contributed by atoms with Crippen LogP contribution in [0.2, 0.25) is 0 Å². The molecule has 0 rings (SSSR count). The largest absolute Gasteiger partial charge is 1.00 e. The van der Waals surface area contributed by atoms with E-state index in [0.29, 0.717) is 6.42 Å². The summed E-state index contributed by atoms with van der Waals surface area (Å²) in [6.45, 7) is 5.36. The molecule has 0 fully saturated rings. The molecule has 22 heavy (non-hydrogen) atoms. The fraction of sp³-hybridized carbons (Fsp3) is 0.875. The van der Waals surface area contributed by atoms with Crippen LogP contribution in [0.1, 0.15) is 78.6 Å². The number of rotatable bonds is 12. The minimum Gasteiger partial charge on any atom is -0.549 e. The van der Waals surface area contributed by atoms with Gasteiger partial charge in [0.25, 0.3) is 0 Å². The first-order chi connectivity index (χ1) is 9.39. The van der Waals surface area contributed by atoms with Crippen molar-refractivity contribution in [2.45, 2.75) is 78.6 Å². The number of hydrogen-bond donors (Lipinski definition) is 0. The van der Waals surface area contributed by atoms with Crippen molar-refractivity contribution in [2.75, 3.05) is 0 Å². The first-order valence-corrected chi connectivity index (χ1v) is 7.82. The van der Waals surface area contributed by atoms with Gasteiger partial charge < -0.3 is 19.8 Å². The van der Waals surface area contributed by atoms with Crippen LogP contribution in [0.15, 0.2) is 0 Å². The van der Waals surface area contributed by atoms with Gasteiger partial charge in [0.2, 0.25) is 0 Å². The molecule has 0 aromatic carbocycles. The number of hydrogen-bond acceptors (Lipinski definition) is 4. The zero-order valence-corrected chi connectivity index (χ0v) is 21.3. The average molecular weight is 363 g/mol. The summed E-state index contributed by atoms with van der Waals surface area (Å²) in [5.74, 6) is -3.56. The molecule has 0 bridgehead atoms. The standard InChI is InChI=1S/C16H30O4.2K/c1-4-5-6-7-8-9-10-11-12-16(13(2)3,14(17)18)15(19)20;;/h13H,4-12H2,1-3H3,(H,17,18)(H,19,20);;/q;2*+1/p-2. The first kappa shape index (κ1) is 29.0. The molecule has 0 spiro atoms. The number of carboxylic acid groups (broad SMARTS) is 2. The van der Waals surface area contributed by atoms with Gasteiger partial charge in [0, 0.05) is 0 Å². The van der Waals surface area contributed by atoms with E-state index in [1.807, 2.05) is 0 Å². The van der Waals surface area contributed by atoms with Crippen LogP contribution < -0.4 is 113 Å². The van der Waals surface area contributed by atoms with Crippen molar-refractivity contribution in [2.24, 2.45) is 11.3 Å². The molecule has 0 N–H and O–H groups in total. The maximum atomic E-state index is 11.2. The Hall–Kier alpha value is 2.21. The van der Waals surface area contributed by atoms with Gasteiger partial charge in [-0.2, -0.15) is 0 Å². The SMILES string of the molecule is CCCCCCCCCCC(C(=O)[O-])(C(=O)[O-])C(C)C.[K+].[K+]. The Morgan fingerprint density at radius 2 is 1.18 bits per heavy atom. The Bertz CT molecular complexity index is 293. The van der Waals surface area contributed by atoms with Crippen LogP contribution in [0.25, 0.3) is 0 Å². The fourth-order valence-corrected chi connectivity index (χ4v) is 2.59. The molecule has 0 amide bonds. The topological polar surface area (TPSA) is 80.3 Å². The van der Waals surface area contributed by atoms with E-state index in [1.165, 1.54) is 25.7 Å². The van der Waals surface area contributed by atoms with Gasteiger partial charge in [-0.1, -0.05) is 72.1 Å². The van der Waals surface area contributed by atoms with Crippen LogP contribution in [0.5, 0.6) is 0 Å². The van der Waals surface area contributed by atoms with Crippen LogP contribution >= 0.6 is 0 Å². The number of carbonyl (C=O) groups excluding carboxylic acids is 2. The van der Waals surface area contributed by atoms with Crippen LogP contribution in [0.3, 0.4) is 0 Å². The quantitative estimate of drug-likeness (QED) is 0.200.